The summed E-state index contributed by atoms with van der Waals surface area (Å²) in [4.78, 5) is 9.26. The highest BCUT2D eigenvalue weighted by Gasteiger charge is 2.19. The molecule has 1 aromatic heterocycles. The fourth-order valence-corrected chi connectivity index (χ4v) is 4.58. The minimum absolute atomic E-state index is 0.503. The molecule has 4 N–H and O–H groups in total. The fourth-order valence-electron chi connectivity index (χ4n) is 4.16. The predicted octanol–water partition coefficient (Wildman–Crippen LogP) is 5.51. The van der Waals surface area contributed by atoms with Crippen LogP contribution < -0.4 is 16.4 Å². The number of anilines is 1. The summed E-state index contributed by atoms with van der Waals surface area (Å²) in [6.45, 7) is 7.44. The summed E-state index contributed by atoms with van der Waals surface area (Å²) < 4.78 is 2.06. The van der Waals surface area contributed by atoms with Gasteiger partial charge >= 0.3 is 0 Å². The average molecular weight is 497 g/mol. The number of hydrogen-bond acceptors (Lipinski definition) is 5. The van der Waals surface area contributed by atoms with Crippen LogP contribution in [-0.2, 0) is 13.1 Å². The van der Waals surface area contributed by atoms with E-state index in [0.29, 0.717) is 39.8 Å². The van der Waals surface area contributed by atoms with Gasteiger partial charge in [0.15, 0.2) is 0 Å². The van der Waals surface area contributed by atoms with Gasteiger partial charge in [-0.2, -0.15) is 0 Å². The van der Waals surface area contributed by atoms with Gasteiger partial charge in [0.1, 0.15) is 23.2 Å². The summed E-state index contributed by atoms with van der Waals surface area (Å²) >= 11 is 12.7. The van der Waals surface area contributed by atoms with E-state index in [1.807, 2.05) is 48.5 Å². The van der Waals surface area contributed by atoms with Gasteiger partial charge in [-0.05, 0) is 62.0 Å². The largest absolute Gasteiger partial charge is 0.383 e. The number of halogens is 2. The number of rotatable bonds is 9. The third kappa shape index (κ3) is 6.00. The lowest BCUT2D eigenvalue weighted by Crippen LogP contribution is -2.28. The standard InChI is InChI=1S/C26H30Cl2N6/c1-18(31-16-20-6-2-4-8-22(20)27)32-17-24-25(29)34(15-12-19-10-13-30-14-11-19)26(33-24)21-7-3-5-9-23(21)28/h2-9,17,19,30-31H,1,10-16,29H2. The Kier molecular flexibility index (Phi) is 8.27. The van der Waals surface area contributed by atoms with Crippen LogP contribution in [0.25, 0.3) is 11.4 Å². The number of nitrogens with zero attached hydrogens (tertiary/aromatic N) is 3. The molecule has 1 aliphatic heterocycles. The van der Waals surface area contributed by atoms with Crippen molar-refractivity contribution in [1.29, 1.82) is 0 Å². The van der Waals surface area contributed by atoms with Crippen LogP contribution in [0.15, 0.2) is 65.9 Å². The van der Waals surface area contributed by atoms with Crippen LogP contribution in [0.1, 0.15) is 30.5 Å². The van der Waals surface area contributed by atoms with Crippen molar-refractivity contribution >= 4 is 35.2 Å². The first-order valence-electron chi connectivity index (χ1n) is 11.5. The molecule has 2 aromatic carbocycles. The van der Waals surface area contributed by atoms with E-state index in [9.17, 15) is 0 Å². The number of benzene rings is 2. The second-order valence-electron chi connectivity index (χ2n) is 8.47. The maximum atomic E-state index is 6.56. The van der Waals surface area contributed by atoms with Crippen LogP contribution in [0.4, 0.5) is 5.82 Å². The zero-order valence-electron chi connectivity index (χ0n) is 19.1. The molecular weight excluding hydrogens is 467 g/mol. The Balaban J connectivity index is 1.52. The number of nitrogens with one attached hydrogen (secondary N) is 2. The second-order valence-corrected chi connectivity index (χ2v) is 9.28. The SMILES string of the molecule is C=C(N=Cc1nc(-c2ccccc2Cl)n(CCC2CCNCC2)c1N)NCc1ccccc1Cl. The molecule has 0 amide bonds. The zero-order valence-corrected chi connectivity index (χ0v) is 20.6. The van der Waals surface area contributed by atoms with Crippen molar-refractivity contribution in [3.63, 3.8) is 0 Å². The van der Waals surface area contributed by atoms with Crippen molar-refractivity contribution in [2.75, 3.05) is 18.8 Å². The molecule has 0 unspecified atom stereocenters. The van der Waals surface area contributed by atoms with Gasteiger partial charge in [0.2, 0.25) is 0 Å². The molecule has 8 heteroatoms. The Morgan fingerprint density at radius 2 is 1.85 bits per heavy atom. The highest BCUT2D eigenvalue weighted by atomic mass is 35.5. The number of piperidine rings is 1. The number of nitrogens with two attached hydrogens (primary N) is 1. The molecular formula is C26H30Cl2N6. The van der Waals surface area contributed by atoms with Gasteiger partial charge in [-0.3, -0.25) is 0 Å². The maximum absolute atomic E-state index is 6.56. The first-order chi connectivity index (χ1) is 16.5. The quantitative estimate of drug-likeness (QED) is 0.341. The molecule has 2 heterocycles. The van der Waals surface area contributed by atoms with E-state index >= 15 is 0 Å². The lowest BCUT2D eigenvalue weighted by molar-refractivity contribution is 0.339. The smallest absolute Gasteiger partial charge is 0.143 e. The van der Waals surface area contributed by atoms with Gasteiger partial charge in [0, 0.05) is 23.7 Å². The van der Waals surface area contributed by atoms with Gasteiger partial charge in [-0.25, -0.2) is 9.98 Å². The summed E-state index contributed by atoms with van der Waals surface area (Å²) in [5, 5.41) is 7.95. The summed E-state index contributed by atoms with van der Waals surface area (Å²) in [7, 11) is 0. The van der Waals surface area contributed by atoms with Crippen LogP contribution in [0.5, 0.6) is 0 Å². The topological polar surface area (TPSA) is 80.3 Å². The van der Waals surface area contributed by atoms with Gasteiger partial charge in [-0.1, -0.05) is 60.1 Å². The molecule has 3 aromatic rings. The van der Waals surface area contributed by atoms with Crippen LogP contribution in [0.3, 0.4) is 0 Å². The fraction of sp³-hybridized carbons (Fsp3) is 0.308. The van der Waals surface area contributed by atoms with E-state index < -0.39 is 0 Å². The van der Waals surface area contributed by atoms with E-state index in [-0.39, 0.29) is 0 Å². The van der Waals surface area contributed by atoms with Crippen molar-refractivity contribution in [3.05, 3.63) is 82.2 Å². The van der Waals surface area contributed by atoms with Crippen LogP contribution in [0.2, 0.25) is 10.0 Å². The molecule has 0 atom stereocenters. The molecule has 1 saturated heterocycles. The summed E-state index contributed by atoms with van der Waals surface area (Å²) in [5.41, 5.74) is 9.00. The van der Waals surface area contributed by atoms with Crippen molar-refractivity contribution in [3.8, 4) is 11.4 Å². The van der Waals surface area contributed by atoms with E-state index in [1.165, 1.54) is 12.8 Å². The molecule has 0 aliphatic carbocycles. The first kappa shape index (κ1) is 24.3. The highest BCUT2D eigenvalue weighted by Crippen LogP contribution is 2.31. The Labute approximate surface area is 210 Å². The van der Waals surface area contributed by atoms with E-state index in [2.05, 4.69) is 26.8 Å². The number of hydrogen-bond donors (Lipinski definition) is 3. The molecule has 1 aliphatic rings. The third-order valence-corrected chi connectivity index (χ3v) is 6.85. The molecule has 0 spiro atoms. The molecule has 6 nitrogen and oxygen atoms in total. The first-order valence-corrected chi connectivity index (χ1v) is 12.3. The molecule has 34 heavy (non-hydrogen) atoms. The van der Waals surface area contributed by atoms with E-state index in [1.54, 1.807) is 6.21 Å². The lowest BCUT2D eigenvalue weighted by Gasteiger charge is -2.23. The lowest BCUT2D eigenvalue weighted by atomic mass is 9.95. The maximum Gasteiger partial charge on any atom is 0.143 e. The summed E-state index contributed by atoms with van der Waals surface area (Å²) in [6, 6.07) is 15.4. The number of aromatic nitrogens is 2. The third-order valence-electron chi connectivity index (χ3n) is 6.15. The summed E-state index contributed by atoms with van der Waals surface area (Å²) in [5.74, 6) is 2.51. The number of nitrogen functional groups attached to an aromatic ring is 1. The molecule has 1 fully saturated rings. The molecule has 0 saturated carbocycles. The minimum Gasteiger partial charge on any atom is -0.383 e. The van der Waals surface area contributed by atoms with E-state index in [0.717, 1.165) is 43.0 Å². The van der Waals surface area contributed by atoms with Gasteiger partial charge in [0.05, 0.1) is 11.2 Å². The van der Waals surface area contributed by atoms with Crippen molar-refractivity contribution < 1.29 is 0 Å². The van der Waals surface area contributed by atoms with Crippen LogP contribution >= 0.6 is 23.2 Å². The molecule has 178 valence electrons. The van der Waals surface area contributed by atoms with Crippen molar-refractivity contribution in [2.45, 2.75) is 32.4 Å². The Morgan fingerprint density at radius 1 is 1.15 bits per heavy atom. The number of imidazole rings is 1. The monoisotopic (exact) mass is 496 g/mol. The van der Waals surface area contributed by atoms with Gasteiger partial charge < -0.3 is 20.9 Å². The Bertz CT molecular complexity index is 1160. The van der Waals surface area contributed by atoms with Gasteiger partial charge in [-0.15, -0.1) is 0 Å². The van der Waals surface area contributed by atoms with Crippen molar-refractivity contribution in [2.24, 2.45) is 10.9 Å². The minimum atomic E-state index is 0.503. The molecule has 4 rings (SSSR count). The second kappa shape index (κ2) is 11.6. The zero-order chi connectivity index (χ0) is 23.9. The average Bonchev–Trinajstić information content (AvgIpc) is 3.16. The Hall–Kier alpha value is -2.80. The van der Waals surface area contributed by atoms with E-state index in [4.69, 9.17) is 33.9 Å². The number of aliphatic imine (C=N–C) groups is 1. The van der Waals surface area contributed by atoms with Crippen LogP contribution in [-0.4, -0.2) is 28.9 Å². The van der Waals surface area contributed by atoms with Crippen LogP contribution in [0, 0.1) is 5.92 Å². The highest BCUT2D eigenvalue weighted by molar-refractivity contribution is 6.33. The van der Waals surface area contributed by atoms with Crippen molar-refractivity contribution in [1.82, 2.24) is 20.2 Å². The summed E-state index contributed by atoms with van der Waals surface area (Å²) in [6.07, 6.45) is 5.06. The molecule has 0 bridgehead atoms. The van der Waals surface area contributed by atoms with Gasteiger partial charge in [0.25, 0.3) is 0 Å². The Morgan fingerprint density at radius 3 is 2.59 bits per heavy atom. The normalized spacial score (nSPS) is 14.5. The molecule has 0 radical (unpaired) electrons. The predicted molar refractivity (Wildman–Crippen MR) is 142 cm³/mol.